The summed E-state index contributed by atoms with van der Waals surface area (Å²) in [5.74, 6) is -0.688. The van der Waals surface area contributed by atoms with Crippen molar-refractivity contribution in [1.29, 1.82) is 0 Å². The molecule has 0 unspecified atom stereocenters. The van der Waals surface area contributed by atoms with Gasteiger partial charge in [0.2, 0.25) is 0 Å². The van der Waals surface area contributed by atoms with Crippen LogP contribution in [0.2, 0.25) is 0 Å². The van der Waals surface area contributed by atoms with E-state index in [0.29, 0.717) is 11.1 Å². The van der Waals surface area contributed by atoms with Gasteiger partial charge in [0.05, 0.1) is 18.0 Å². The summed E-state index contributed by atoms with van der Waals surface area (Å²) >= 11 is 0. The molecule has 0 bridgehead atoms. The number of esters is 1. The van der Waals surface area contributed by atoms with E-state index in [1.165, 1.54) is 0 Å². The van der Waals surface area contributed by atoms with Crippen molar-refractivity contribution in [2.75, 3.05) is 6.54 Å². The number of hydrogen-bond acceptors (Lipinski definition) is 5. The van der Waals surface area contributed by atoms with Crippen LogP contribution in [0, 0.1) is 5.41 Å². The smallest absolute Gasteiger partial charge is 0.311 e. The van der Waals surface area contributed by atoms with Gasteiger partial charge in [-0.2, -0.15) is 0 Å². The molecule has 1 saturated heterocycles. The molecule has 1 aliphatic rings. The summed E-state index contributed by atoms with van der Waals surface area (Å²) in [6.07, 6.45) is 1.22. The number of aliphatic hydroxyl groups is 1. The van der Waals surface area contributed by atoms with Crippen LogP contribution in [0.5, 0.6) is 0 Å². The number of amides is 1. The molecule has 6 nitrogen and oxygen atoms in total. The summed E-state index contributed by atoms with van der Waals surface area (Å²) in [6, 6.07) is 40.2. The van der Waals surface area contributed by atoms with Crippen LogP contribution < -0.4 is 0 Å². The van der Waals surface area contributed by atoms with Crippen molar-refractivity contribution in [3.05, 3.63) is 150 Å². The molecule has 5 aromatic rings. The van der Waals surface area contributed by atoms with E-state index >= 15 is 0 Å². The molecule has 1 aliphatic heterocycles. The van der Waals surface area contributed by atoms with Crippen LogP contribution in [0.1, 0.15) is 48.8 Å². The fourth-order valence-corrected chi connectivity index (χ4v) is 6.11. The van der Waals surface area contributed by atoms with Gasteiger partial charge in [0, 0.05) is 12.6 Å². The van der Waals surface area contributed by atoms with E-state index in [4.69, 9.17) is 4.74 Å². The van der Waals surface area contributed by atoms with Gasteiger partial charge in [-0.3, -0.25) is 14.6 Å². The number of ether oxygens (including phenoxy) is 1. The van der Waals surface area contributed by atoms with E-state index in [2.05, 4.69) is 4.98 Å². The van der Waals surface area contributed by atoms with Gasteiger partial charge in [-0.05, 0) is 66.3 Å². The highest BCUT2D eigenvalue weighted by Gasteiger charge is 2.51. The van der Waals surface area contributed by atoms with Gasteiger partial charge in [-0.15, -0.1) is 0 Å². The zero-order chi connectivity index (χ0) is 32.3. The van der Waals surface area contributed by atoms with Crippen LogP contribution in [-0.2, 0) is 15.1 Å². The first kappa shape index (κ1) is 30.9. The number of benzene rings is 4. The lowest BCUT2D eigenvalue weighted by Gasteiger charge is -2.40. The Balaban J connectivity index is 1.46. The fourth-order valence-electron chi connectivity index (χ4n) is 6.11. The first-order chi connectivity index (χ1) is 22.1. The molecule has 6 heteroatoms. The zero-order valence-electron chi connectivity index (χ0n) is 26.3. The Morgan fingerprint density at radius 3 is 1.63 bits per heavy atom. The summed E-state index contributed by atoms with van der Waals surface area (Å²) in [6.45, 7) is 5.54. The predicted octanol–water partition coefficient (Wildman–Crippen LogP) is 7.52. The van der Waals surface area contributed by atoms with Gasteiger partial charge in [0.1, 0.15) is 17.4 Å². The van der Waals surface area contributed by atoms with Crippen molar-refractivity contribution in [2.24, 2.45) is 5.41 Å². The lowest BCUT2D eigenvalue weighted by atomic mass is 9.78. The monoisotopic (exact) mass is 610 g/mol. The first-order valence-corrected chi connectivity index (χ1v) is 15.6. The van der Waals surface area contributed by atoms with Gasteiger partial charge in [-0.1, -0.05) is 115 Å². The van der Waals surface area contributed by atoms with Gasteiger partial charge < -0.3 is 14.7 Å². The minimum Gasteiger partial charge on any atom is -0.460 e. The molecule has 2 heterocycles. The Kier molecular flexibility index (Phi) is 8.57. The second-order valence-electron chi connectivity index (χ2n) is 12.9. The molecule has 0 aliphatic carbocycles. The number of pyridine rings is 1. The summed E-state index contributed by atoms with van der Waals surface area (Å²) < 4.78 is 5.98. The zero-order valence-corrected chi connectivity index (χ0v) is 26.3. The maximum Gasteiger partial charge on any atom is 0.311 e. The molecule has 6 rings (SSSR count). The SMILES string of the molecule is CC(C)(C)C(=O)O[C@@H]1C[C@@H](C(O)(c2ccc(-c3ccccc3)cc2)c2ccc(-c3ccccc3)cc2)N(C(=O)c2ccccn2)C1. The Labute approximate surface area is 270 Å². The summed E-state index contributed by atoms with van der Waals surface area (Å²) in [5, 5.41) is 13.1. The van der Waals surface area contributed by atoms with Crippen molar-refractivity contribution in [3.8, 4) is 22.3 Å². The van der Waals surface area contributed by atoms with E-state index < -0.39 is 23.2 Å². The Morgan fingerprint density at radius 1 is 0.696 bits per heavy atom. The number of carbonyl (C=O) groups excluding carboxylic acids is 2. The van der Waals surface area contributed by atoms with Crippen LogP contribution in [-0.4, -0.2) is 45.6 Å². The second kappa shape index (κ2) is 12.7. The highest BCUT2D eigenvalue weighted by atomic mass is 16.5. The van der Waals surface area contributed by atoms with Gasteiger partial charge in [0.25, 0.3) is 5.91 Å². The second-order valence-corrected chi connectivity index (χ2v) is 12.9. The van der Waals surface area contributed by atoms with Crippen molar-refractivity contribution in [3.63, 3.8) is 0 Å². The van der Waals surface area contributed by atoms with Crippen molar-refractivity contribution < 1.29 is 19.4 Å². The van der Waals surface area contributed by atoms with E-state index in [-0.39, 0.29) is 30.5 Å². The standard InChI is InChI=1S/C40H38N2O4/c1-39(2,3)38(44)46-34-26-36(42(27-34)37(43)35-16-10-11-25-41-35)40(45,32-21-17-30(18-22-32)28-12-6-4-7-13-28)33-23-19-31(20-24-33)29-14-8-5-9-15-29/h4-25,34,36,45H,26-27H2,1-3H3/t34-,36+/m1/s1. The van der Waals surface area contributed by atoms with E-state index in [9.17, 15) is 14.7 Å². The van der Waals surface area contributed by atoms with Crippen LogP contribution >= 0.6 is 0 Å². The molecule has 1 fully saturated rings. The van der Waals surface area contributed by atoms with Gasteiger partial charge >= 0.3 is 5.97 Å². The number of nitrogens with zero attached hydrogens (tertiary/aromatic N) is 2. The number of likely N-dealkylation sites (tertiary alicyclic amines) is 1. The van der Waals surface area contributed by atoms with Crippen molar-refractivity contribution in [2.45, 2.75) is 44.9 Å². The number of carbonyl (C=O) groups is 2. The molecule has 1 N–H and O–H groups in total. The van der Waals surface area contributed by atoms with Gasteiger partial charge in [-0.25, -0.2) is 0 Å². The van der Waals surface area contributed by atoms with Crippen LogP contribution in [0.15, 0.2) is 134 Å². The lowest BCUT2D eigenvalue weighted by molar-refractivity contribution is -0.158. The maximum atomic E-state index is 14.1. The third-order valence-corrected chi connectivity index (χ3v) is 8.64. The van der Waals surface area contributed by atoms with E-state index in [0.717, 1.165) is 22.3 Å². The van der Waals surface area contributed by atoms with E-state index in [1.54, 1.807) is 50.1 Å². The quantitative estimate of drug-likeness (QED) is 0.193. The molecule has 0 radical (unpaired) electrons. The molecule has 232 valence electrons. The summed E-state index contributed by atoms with van der Waals surface area (Å²) in [4.78, 5) is 33.0. The topological polar surface area (TPSA) is 79.7 Å². The molecule has 4 aromatic carbocycles. The molecular formula is C40H38N2O4. The molecule has 46 heavy (non-hydrogen) atoms. The first-order valence-electron chi connectivity index (χ1n) is 15.6. The number of hydrogen-bond donors (Lipinski definition) is 1. The molecule has 0 spiro atoms. The molecule has 2 atom stereocenters. The van der Waals surface area contributed by atoms with Crippen LogP contribution in [0.4, 0.5) is 0 Å². The highest BCUT2D eigenvalue weighted by Crippen LogP contribution is 2.43. The lowest BCUT2D eigenvalue weighted by Crippen LogP contribution is -2.50. The Hall–Kier alpha value is -5.07. The third-order valence-electron chi connectivity index (χ3n) is 8.64. The fraction of sp³-hybridized carbons (Fsp3) is 0.225. The molecule has 1 aromatic heterocycles. The van der Waals surface area contributed by atoms with Crippen LogP contribution in [0.3, 0.4) is 0 Å². The van der Waals surface area contributed by atoms with Crippen molar-refractivity contribution >= 4 is 11.9 Å². The largest absolute Gasteiger partial charge is 0.460 e. The molecule has 1 amide bonds. The van der Waals surface area contributed by atoms with Gasteiger partial charge in [0.15, 0.2) is 0 Å². The Bertz CT molecular complexity index is 1700. The van der Waals surface area contributed by atoms with Crippen molar-refractivity contribution in [1.82, 2.24) is 9.88 Å². The average Bonchev–Trinajstić information content (AvgIpc) is 3.52. The van der Waals surface area contributed by atoms with Crippen LogP contribution in [0.25, 0.3) is 22.3 Å². The number of aromatic nitrogens is 1. The van der Waals surface area contributed by atoms with E-state index in [1.807, 2.05) is 109 Å². The summed E-state index contributed by atoms with van der Waals surface area (Å²) in [7, 11) is 0. The number of rotatable bonds is 7. The Morgan fingerprint density at radius 2 is 1.17 bits per heavy atom. The predicted molar refractivity (Wildman–Crippen MR) is 180 cm³/mol. The minimum atomic E-state index is -1.64. The highest BCUT2D eigenvalue weighted by molar-refractivity contribution is 5.93. The minimum absolute atomic E-state index is 0.133. The molecule has 0 saturated carbocycles. The summed E-state index contributed by atoms with van der Waals surface area (Å²) in [5.41, 5.74) is 3.31. The average molecular weight is 611 g/mol. The normalized spacial score (nSPS) is 16.7. The molecular weight excluding hydrogens is 572 g/mol. The third kappa shape index (κ3) is 6.22. The maximum absolute atomic E-state index is 14.1.